The Morgan fingerprint density at radius 3 is 2.29 bits per heavy atom. The Labute approximate surface area is 204 Å². The van der Waals surface area contributed by atoms with Crippen LogP contribution < -0.4 is 14.8 Å². The number of methoxy groups -OCH3 is 2. The topological polar surface area (TPSA) is 71.1 Å². The minimum atomic E-state index is -0.808. The standard InChI is InChI=1S/C27H41N3O4/c1-20(31)30(19-21-10-9-15-29-14-8-5-11-25(21)29)27(12-6-4-7-13-27)26(32)28-22-16-23(33-2)18-24(17-22)34-3/h16-18,21,25H,4-15,19H2,1-3H3,(H,28,32). The zero-order chi connectivity index (χ0) is 24.1. The summed E-state index contributed by atoms with van der Waals surface area (Å²) in [6.45, 7) is 4.65. The van der Waals surface area contributed by atoms with E-state index in [9.17, 15) is 9.59 Å². The second-order valence-corrected chi connectivity index (χ2v) is 10.3. The van der Waals surface area contributed by atoms with Crippen LogP contribution in [-0.2, 0) is 9.59 Å². The number of piperidine rings is 2. The summed E-state index contributed by atoms with van der Waals surface area (Å²) < 4.78 is 10.8. The lowest BCUT2D eigenvalue weighted by molar-refractivity contribution is -0.148. The summed E-state index contributed by atoms with van der Waals surface area (Å²) in [5.41, 5.74) is -0.178. The summed E-state index contributed by atoms with van der Waals surface area (Å²) in [6, 6.07) is 5.93. The summed E-state index contributed by atoms with van der Waals surface area (Å²) >= 11 is 0. The first kappa shape index (κ1) is 24.8. The van der Waals surface area contributed by atoms with Crippen molar-refractivity contribution in [2.75, 3.05) is 39.2 Å². The van der Waals surface area contributed by atoms with Gasteiger partial charge in [-0.25, -0.2) is 0 Å². The Kier molecular flexibility index (Phi) is 8.02. The Hall–Kier alpha value is -2.28. The Balaban J connectivity index is 1.60. The van der Waals surface area contributed by atoms with Crippen molar-refractivity contribution in [3.05, 3.63) is 18.2 Å². The van der Waals surface area contributed by atoms with Gasteiger partial charge in [0.15, 0.2) is 0 Å². The Morgan fingerprint density at radius 1 is 0.971 bits per heavy atom. The molecule has 7 nitrogen and oxygen atoms in total. The van der Waals surface area contributed by atoms with Gasteiger partial charge in [0.2, 0.25) is 11.8 Å². The first-order chi connectivity index (χ1) is 16.5. The number of hydrogen-bond donors (Lipinski definition) is 1. The van der Waals surface area contributed by atoms with E-state index in [1.807, 2.05) is 4.90 Å². The van der Waals surface area contributed by atoms with Gasteiger partial charge in [0.1, 0.15) is 17.0 Å². The lowest BCUT2D eigenvalue weighted by Crippen LogP contribution is -2.62. The molecule has 0 radical (unpaired) electrons. The van der Waals surface area contributed by atoms with E-state index in [-0.39, 0.29) is 11.8 Å². The molecule has 2 aliphatic heterocycles. The van der Waals surface area contributed by atoms with Gasteiger partial charge in [-0.05, 0) is 57.5 Å². The molecule has 34 heavy (non-hydrogen) atoms. The minimum Gasteiger partial charge on any atom is -0.497 e. The Bertz CT molecular complexity index is 843. The number of benzene rings is 1. The molecule has 1 N–H and O–H groups in total. The van der Waals surface area contributed by atoms with Crippen molar-refractivity contribution in [1.82, 2.24) is 9.80 Å². The van der Waals surface area contributed by atoms with Crippen molar-refractivity contribution in [2.45, 2.75) is 82.7 Å². The van der Waals surface area contributed by atoms with E-state index in [4.69, 9.17) is 9.47 Å². The van der Waals surface area contributed by atoms with Gasteiger partial charge < -0.3 is 24.6 Å². The predicted octanol–water partition coefficient (Wildman–Crippen LogP) is 4.46. The third-order valence-electron chi connectivity index (χ3n) is 8.26. The van der Waals surface area contributed by atoms with Crippen LogP contribution in [0.3, 0.4) is 0 Å². The second-order valence-electron chi connectivity index (χ2n) is 10.3. The molecule has 1 aromatic rings. The maximum Gasteiger partial charge on any atom is 0.250 e. The van der Waals surface area contributed by atoms with Crippen molar-refractivity contribution in [1.29, 1.82) is 0 Å². The summed E-state index contributed by atoms with van der Waals surface area (Å²) in [5.74, 6) is 1.59. The molecular weight excluding hydrogens is 430 g/mol. The lowest BCUT2D eigenvalue weighted by Gasteiger charge is -2.50. The number of ether oxygens (including phenoxy) is 2. The van der Waals surface area contributed by atoms with Crippen molar-refractivity contribution in [3.8, 4) is 11.5 Å². The molecule has 3 aliphatic rings. The molecule has 1 aliphatic carbocycles. The molecule has 2 atom stereocenters. The molecular formula is C27H41N3O4. The first-order valence-electron chi connectivity index (χ1n) is 13.0. The first-order valence-corrected chi connectivity index (χ1v) is 13.0. The minimum absolute atomic E-state index is 0.00760. The fourth-order valence-corrected chi connectivity index (χ4v) is 6.51. The average Bonchev–Trinajstić information content (AvgIpc) is 2.87. The number of nitrogens with zero attached hydrogens (tertiary/aromatic N) is 2. The fourth-order valence-electron chi connectivity index (χ4n) is 6.51. The number of nitrogens with one attached hydrogen (secondary N) is 1. The zero-order valence-corrected chi connectivity index (χ0v) is 21.1. The number of carbonyl (C=O) groups excluding carboxylic acids is 2. The zero-order valence-electron chi connectivity index (χ0n) is 21.1. The number of hydrogen-bond acceptors (Lipinski definition) is 5. The molecule has 2 saturated heterocycles. The molecule has 4 rings (SSSR count). The number of amides is 2. The third-order valence-corrected chi connectivity index (χ3v) is 8.26. The third kappa shape index (κ3) is 5.19. The summed E-state index contributed by atoms with van der Waals surface area (Å²) in [7, 11) is 3.19. The summed E-state index contributed by atoms with van der Waals surface area (Å²) in [6.07, 6.45) is 10.5. The fraction of sp³-hybridized carbons (Fsp3) is 0.704. The maximum absolute atomic E-state index is 14.0. The van der Waals surface area contributed by atoms with Gasteiger partial charge >= 0.3 is 0 Å². The molecule has 1 saturated carbocycles. The number of anilines is 1. The van der Waals surface area contributed by atoms with Crippen LogP contribution in [0.15, 0.2) is 18.2 Å². The maximum atomic E-state index is 14.0. The van der Waals surface area contributed by atoms with Crippen LogP contribution in [0, 0.1) is 5.92 Å². The van der Waals surface area contributed by atoms with E-state index in [0.717, 1.165) is 25.7 Å². The largest absolute Gasteiger partial charge is 0.497 e. The van der Waals surface area contributed by atoms with Gasteiger partial charge in [0.25, 0.3) is 0 Å². The van der Waals surface area contributed by atoms with Crippen LogP contribution in [0.4, 0.5) is 5.69 Å². The molecule has 188 valence electrons. The number of fused-ring (bicyclic) bond motifs is 1. The molecule has 2 unspecified atom stereocenters. The molecule has 2 heterocycles. The van der Waals surface area contributed by atoms with E-state index in [2.05, 4.69) is 10.2 Å². The van der Waals surface area contributed by atoms with E-state index in [1.54, 1.807) is 39.3 Å². The van der Waals surface area contributed by atoms with Crippen molar-refractivity contribution >= 4 is 17.5 Å². The van der Waals surface area contributed by atoms with Crippen LogP contribution >= 0.6 is 0 Å². The Morgan fingerprint density at radius 2 is 1.65 bits per heavy atom. The van der Waals surface area contributed by atoms with Crippen molar-refractivity contribution < 1.29 is 19.1 Å². The highest BCUT2D eigenvalue weighted by atomic mass is 16.5. The molecule has 7 heteroatoms. The monoisotopic (exact) mass is 471 g/mol. The molecule has 0 spiro atoms. The molecule has 1 aromatic carbocycles. The van der Waals surface area contributed by atoms with E-state index in [1.165, 1.54) is 38.8 Å². The highest BCUT2D eigenvalue weighted by Gasteiger charge is 2.48. The normalized spacial score (nSPS) is 24.6. The van der Waals surface area contributed by atoms with Gasteiger partial charge in [-0.15, -0.1) is 0 Å². The van der Waals surface area contributed by atoms with E-state index in [0.29, 0.717) is 48.5 Å². The second kappa shape index (κ2) is 11.0. The van der Waals surface area contributed by atoms with Crippen LogP contribution in [0.5, 0.6) is 11.5 Å². The van der Waals surface area contributed by atoms with Gasteiger partial charge in [-0.1, -0.05) is 25.7 Å². The van der Waals surface area contributed by atoms with Crippen LogP contribution in [-0.4, -0.2) is 67.0 Å². The van der Waals surface area contributed by atoms with Gasteiger partial charge in [-0.2, -0.15) is 0 Å². The quantitative estimate of drug-likeness (QED) is 0.636. The highest BCUT2D eigenvalue weighted by molar-refractivity contribution is 6.00. The van der Waals surface area contributed by atoms with Gasteiger partial charge in [0.05, 0.1) is 14.2 Å². The van der Waals surface area contributed by atoms with Gasteiger partial charge in [0, 0.05) is 43.4 Å². The van der Waals surface area contributed by atoms with Crippen molar-refractivity contribution in [3.63, 3.8) is 0 Å². The van der Waals surface area contributed by atoms with Crippen LogP contribution in [0.25, 0.3) is 0 Å². The predicted molar refractivity (Wildman–Crippen MR) is 133 cm³/mol. The highest BCUT2D eigenvalue weighted by Crippen LogP contribution is 2.39. The number of carbonyl (C=O) groups is 2. The summed E-state index contributed by atoms with van der Waals surface area (Å²) in [4.78, 5) is 31.7. The molecule has 3 fully saturated rings. The molecule has 2 amide bonds. The average molecular weight is 472 g/mol. The smallest absolute Gasteiger partial charge is 0.250 e. The van der Waals surface area contributed by atoms with Gasteiger partial charge in [-0.3, -0.25) is 9.59 Å². The number of rotatable bonds is 7. The van der Waals surface area contributed by atoms with Crippen LogP contribution in [0.2, 0.25) is 0 Å². The van der Waals surface area contributed by atoms with E-state index >= 15 is 0 Å². The SMILES string of the molecule is COc1cc(NC(=O)C2(N(CC3CCCN4CCCCC34)C(C)=O)CCCCC2)cc(OC)c1. The van der Waals surface area contributed by atoms with E-state index < -0.39 is 5.54 Å². The van der Waals surface area contributed by atoms with Crippen LogP contribution in [0.1, 0.15) is 71.1 Å². The lowest BCUT2D eigenvalue weighted by atomic mass is 9.77. The molecule has 0 bridgehead atoms. The summed E-state index contributed by atoms with van der Waals surface area (Å²) in [5, 5.41) is 3.13. The van der Waals surface area contributed by atoms with Crippen molar-refractivity contribution in [2.24, 2.45) is 5.92 Å². The molecule has 0 aromatic heterocycles.